The van der Waals surface area contributed by atoms with Gasteiger partial charge < -0.3 is 15.0 Å². The number of hydrogen-bond acceptors (Lipinski definition) is 3. The van der Waals surface area contributed by atoms with E-state index in [4.69, 9.17) is 4.74 Å². The van der Waals surface area contributed by atoms with E-state index in [0.717, 1.165) is 43.8 Å². The van der Waals surface area contributed by atoms with Crippen molar-refractivity contribution in [3.8, 4) is 5.75 Å². The van der Waals surface area contributed by atoms with Gasteiger partial charge in [-0.05, 0) is 61.9 Å². The second-order valence-corrected chi connectivity index (χ2v) is 7.15. The Hall–Kier alpha value is -2.49. The van der Waals surface area contributed by atoms with Crippen LogP contribution in [-0.4, -0.2) is 37.0 Å². The number of carbonyl (C=O) groups is 1. The zero-order valence-electron chi connectivity index (χ0n) is 16.2. The van der Waals surface area contributed by atoms with Crippen molar-refractivity contribution >= 4 is 11.6 Å². The van der Waals surface area contributed by atoms with Gasteiger partial charge in [-0.2, -0.15) is 0 Å². The Labute approximate surface area is 162 Å². The van der Waals surface area contributed by atoms with Gasteiger partial charge in [-0.3, -0.25) is 4.79 Å². The Morgan fingerprint density at radius 3 is 2.44 bits per heavy atom. The van der Waals surface area contributed by atoms with E-state index < -0.39 is 0 Å². The van der Waals surface area contributed by atoms with Gasteiger partial charge in [0.2, 0.25) is 5.91 Å². The number of carbonyl (C=O) groups excluding carboxylic acids is 1. The topological polar surface area (TPSA) is 41.6 Å². The van der Waals surface area contributed by atoms with E-state index in [-0.39, 0.29) is 5.91 Å². The minimum absolute atomic E-state index is 0.256. The lowest BCUT2D eigenvalue weighted by molar-refractivity contribution is -0.132. The Morgan fingerprint density at radius 2 is 1.78 bits per heavy atom. The lowest BCUT2D eigenvalue weighted by atomic mass is 9.90. The fourth-order valence-electron chi connectivity index (χ4n) is 3.64. The summed E-state index contributed by atoms with van der Waals surface area (Å²) in [7, 11) is 0. The second-order valence-electron chi connectivity index (χ2n) is 7.15. The number of hydrogen-bond donors (Lipinski definition) is 1. The minimum atomic E-state index is 0.256. The molecule has 4 heteroatoms. The van der Waals surface area contributed by atoms with Crippen LogP contribution in [0.1, 0.15) is 31.7 Å². The standard InChI is InChI=1S/C23H30N2O2/c1-2-27-22-10-8-21(9-11-22)24-15-12-23(26)25-16-13-20(14-17-25)18-19-6-4-3-5-7-19/h3-11,20,24H,2,12-18H2,1H3. The third kappa shape index (κ3) is 6.02. The molecule has 1 aliphatic rings. The maximum atomic E-state index is 12.5. The van der Waals surface area contributed by atoms with Gasteiger partial charge in [0, 0.05) is 31.7 Å². The summed E-state index contributed by atoms with van der Waals surface area (Å²) in [5, 5.41) is 3.32. The molecule has 4 nitrogen and oxygen atoms in total. The molecule has 0 radical (unpaired) electrons. The Morgan fingerprint density at radius 1 is 1.07 bits per heavy atom. The summed E-state index contributed by atoms with van der Waals surface area (Å²) in [6.45, 7) is 5.08. The maximum Gasteiger partial charge on any atom is 0.224 e. The highest BCUT2D eigenvalue weighted by Gasteiger charge is 2.22. The average Bonchev–Trinajstić information content (AvgIpc) is 2.71. The highest BCUT2D eigenvalue weighted by atomic mass is 16.5. The van der Waals surface area contributed by atoms with Gasteiger partial charge in [-0.15, -0.1) is 0 Å². The molecule has 2 aromatic rings. The molecule has 0 unspecified atom stereocenters. The van der Waals surface area contributed by atoms with E-state index in [1.165, 1.54) is 5.56 Å². The first kappa shape index (κ1) is 19.3. The molecular weight excluding hydrogens is 336 g/mol. The lowest BCUT2D eigenvalue weighted by Crippen LogP contribution is -2.39. The van der Waals surface area contributed by atoms with Crippen LogP contribution in [0.3, 0.4) is 0 Å². The number of ether oxygens (including phenoxy) is 1. The molecule has 0 bridgehead atoms. The van der Waals surface area contributed by atoms with Crippen LogP contribution in [0.5, 0.6) is 5.75 Å². The molecule has 3 rings (SSSR count). The van der Waals surface area contributed by atoms with Gasteiger partial charge in [0.25, 0.3) is 0 Å². The van der Waals surface area contributed by atoms with E-state index in [1.54, 1.807) is 0 Å². The molecule has 0 spiro atoms. The number of likely N-dealkylation sites (tertiary alicyclic amines) is 1. The third-order valence-corrected chi connectivity index (χ3v) is 5.17. The van der Waals surface area contributed by atoms with Crippen LogP contribution < -0.4 is 10.1 Å². The van der Waals surface area contributed by atoms with Crippen molar-refractivity contribution in [1.29, 1.82) is 0 Å². The number of piperidine rings is 1. The molecule has 0 atom stereocenters. The predicted octanol–water partition coefficient (Wildman–Crippen LogP) is 4.37. The quantitative estimate of drug-likeness (QED) is 0.754. The van der Waals surface area contributed by atoms with Crippen LogP contribution in [0.2, 0.25) is 0 Å². The summed E-state index contributed by atoms with van der Waals surface area (Å²) in [6, 6.07) is 18.5. The normalized spacial score (nSPS) is 14.8. The number of rotatable bonds is 8. The first-order chi connectivity index (χ1) is 13.2. The fourth-order valence-corrected chi connectivity index (χ4v) is 3.64. The van der Waals surface area contributed by atoms with Crippen LogP contribution in [0, 0.1) is 5.92 Å². The zero-order valence-corrected chi connectivity index (χ0v) is 16.2. The van der Waals surface area contributed by atoms with Gasteiger partial charge in [-0.1, -0.05) is 30.3 Å². The average molecular weight is 367 g/mol. The second kappa shape index (κ2) is 10.0. The van der Waals surface area contributed by atoms with Gasteiger partial charge >= 0.3 is 0 Å². The first-order valence-corrected chi connectivity index (χ1v) is 10.0. The van der Waals surface area contributed by atoms with E-state index in [2.05, 4.69) is 35.6 Å². The number of anilines is 1. The highest BCUT2D eigenvalue weighted by molar-refractivity contribution is 5.76. The molecule has 1 heterocycles. The molecule has 1 fully saturated rings. The van der Waals surface area contributed by atoms with Crippen molar-refractivity contribution in [3.05, 3.63) is 60.2 Å². The van der Waals surface area contributed by atoms with Crippen LogP contribution in [-0.2, 0) is 11.2 Å². The number of amides is 1. The summed E-state index contributed by atoms with van der Waals surface area (Å²) >= 11 is 0. The summed E-state index contributed by atoms with van der Waals surface area (Å²) in [6.07, 6.45) is 3.87. The number of nitrogens with zero attached hydrogens (tertiary/aromatic N) is 1. The van der Waals surface area contributed by atoms with E-state index >= 15 is 0 Å². The molecule has 0 aliphatic carbocycles. The molecule has 1 amide bonds. The Balaban J connectivity index is 1.35. The first-order valence-electron chi connectivity index (χ1n) is 10.0. The Kier molecular flexibility index (Phi) is 7.14. The fraction of sp³-hybridized carbons (Fsp3) is 0.435. The molecule has 0 saturated carbocycles. The van der Waals surface area contributed by atoms with Crippen molar-refractivity contribution in [2.45, 2.75) is 32.6 Å². The molecule has 1 saturated heterocycles. The summed E-state index contributed by atoms with van der Waals surface area (Å²) in [5.74, 6) is 1.82. The maximum absolute atomic E-state index is 12.5. The molecule has 27 heavy (non-hydrogen) atoms. The lowest BCUT2D eigenvalue weighted by Gasteiger charge is -2.32. The van der Waals surface area contributed by atoms with E-state index in [0.29, 0.717) is 25.5 Å². The SMILES string of the molecule is CCOc1ccc(NCCC(=O)N2CCC(Cc3ccccc3)CC2)cc1. The van der Waals surface area contributed by atoms with Gasteiger partial charge in [0.05, 0.1) is 6.61 Å². The Bertz CT molecular complexity index is 692. The summed E-state index contributed by atoms with van der Waals surface area (Å²) < 4.78 is 5.44. The highest BCUT2D eigenvalue weighted by Crippen LogP contribution is 2.22. The number of nitrogens with one attached hydrogen (secondary N) is 1. The monoisotopic (exact) mass is 366 g/mol. The van der Waals surface area contributed by atoms with E-state index in [1.807, 2.05) is 36.1 Å². The smallest absolute Gasteiger partial charge is 0.224 e. The van der Waals surface area contributed by atoms with Crippen molar-refractivity contribution in [1.82, 2.24) is 4.90 Å². The van der Waals surface area contributed by atoms with E-state index in [9.17, 15) is 4.79 Å². The van der Waals surface area contributed by atoms with Crippen molar-refractivity contribution < 1.29 is 9.53 Å². The van der Waals surface area contributed by atoms with Crippen molar-refractivity contribution in [3.63, 3.8) is 0 Å². The molecule has 2 aromatic carbocycles. The minimum Gasteiger partial charge on any atom is -0.494 e. The predicted molar refractivity (Wildman–Crippen MR) is 110 cm³/mol. The number of benzene rings is 2. The van der Waals surface area contributed by atoms with Gasteiger partial charge in [0.1, 0.15) is 5.75 Å². The molecule has 0 aromatic heterocycles. The zero-order chi connectivity index (χ0) is 18.9. The molecule has 144 valence electrons. The van der Waals surface area contributed by atoms with Crippen molar-refractivity contribution in [2.75, 3.05) is 31.6 Å². The molecule has 1 N–H and O–H groups in total. The third-order valence-electron chi connectivity index (χ3n) is 5.17. The summed E-state index contributed by atoms with van der Waals surface area (Å²) in [5.41, 5.74) is 2.43. The molecule has 1 aliphatic heterocycles. The van der Waals surface area contributed by atoms with Crippen LogP contribution in [0.4, 0.5) is 5.69 Å². The summed E-state index contributed by atoms with van der Waals surface area (Å²) in [4.78, 5) is 14.5. The van der Waals surface area contributed by atoms with Crippen LogP contribution >= 0.6 is 0 Å². The van der Waals surface area contributed by atoms with Crippen LogP contribution in [0.25, 0.3) is 0 Å². The molecular formula is C23H30N2O2. The van der Waals surface area contributed by atoms with Crippen molar-refractivity contribution in [2.24, 2.45) is 5.92 Å². The largest absolute Gasteiger partial charge is 0.494 e. The van der Waals surface area contributed by atoms with Gasteiger partial charge in [0.15, 0.2) is 0 Å². The van der Waals surface area contributed by atoms with Crippen LogP contribution in [0.15, 0.2) is 54.6 Å². The van der Waals surface area contributed by atoms with Gasteiger partial charge in [-0.25, -0.2) is 0 Å².